The van der Waals surface area contributed by atoms with E-state index in [0.717, 1.165) is 11.1 Å². The second-order valence-corrected chi connectivity index (χ2v) is 11.7. The highest BCUT2D eigenvalue weighted by Crippen LogP contribution is 2.34. The van der Waals surface area contributed by atoms with Crippen molar-refractivity contribution in [2.45, 2.75) is 23.8 Å². The maximum Gasteiger partial charge on any atom is 0.264 e. The van der Waals surface area contributed by atoms with Crippen LogP contribution in [-0.4, -0.2) is 46.5 Å². The molecule has 0 unspecified atom stereocenters. The van der Waals surface area contributed by atoms with Gasteiger partial charge in [-0.15, -0.1) is 0 Å². The van der Waals surface area contributed by atoms with Crippen molar-refractivity contribution in [3.8, 4) is 5.75 Å². The smallest absolute Gasteiger partial charge is 0.264 e. The van der Waals surface area contributed by atoms with Gasteiger partial charge in [0.1, 0.15) is 5.75 Å². The minimum Gasteiger partial charge on any atom is -0.477 e. The van der Waals surface area contributed by atoms with E-state index in [9.17, 15) is 18.0 Å². The summed E-state index contributed by atoms with van der Waals surface area (Å²) in [5, 5.41) is 2.93. The summed E-state index contributed by atoms with van der Waals surface area (Å²) in [5.41, 5.74) is 2.93. The molecule has 0 saturated carbocycles. The molecule has 0 saturated heterocycles. The number of para-hydroxylation sites is 2. The Balaban J connectivity index is 1.25. The molecule has 1 N–H and O–H groups in total. The van der Waals surface area contributed by atoms with Crippen molar-refractivity contribution in [3.05, 3.63) is 120 Å². The highest BCUT2D eigenvalue weighted by atomic mass is 32.2. The molecule has 0 spiro atoms. The number of amides is 2. The topological polar surface area (TPSA) is 96.0 Å². The predicted octanol–water partition coefficient (Wildman–Crippen LogP) is 4.21. The van der Waals surface area contributed by atoms with Gasteiger partial charge >= 0.3 is 0 Å². The maximum absolute atomic E-state index is 13.5. The van der Waals surface area contributed by atoms with Crippen molar-refractivity contribution in [1.82, 2.24) is 5.32 Å². The van der Waals surface area contributed by atoms with E-state index in [0.29, 0.717) is 30.1 Å². The number of rotatable bonds is 9. The Morgan fingerprint density at radius 3 is 2.20 bits per heavy atom. The lowest BCUT2D eigenvalue weighted by Crippen LogP contribution is -2.51. The van der Waals surface area contributed by atoms with E-state index in [1.54, 1.807) is 77.7 Å². The molecule has 9 heteroatoms. The summed E-state index contributed by atoms with van der Waals surface area (Å²) in [4.78, 5) is 28.3. The molecule has 1 aliphatic rings. The van der Waals surface area contributed by atoms with Gasteiger partial charge in [0.2, 0.25) is 5.91 Å². The number of fused-ring (bicyclic) bond motifs is 1. The van der Waals surface area contributed by atoms with Crippen LogP contribution in [0.5, 0.6) is 5.75 Å². The van der Waals surface area contributed by atoms with Crippen LogP contribution in [0.15, 0.2) is 114 Å². The number of sulfonamides is 1. The monoisotopic (exact) mass is 569 g/mol. The van der Waals surface area contributed by atoms with Crippen LogP contribution in [0.4, 0.5) is 11.4 Å². The first-order chi connectivity index (χ1) is 19.8. The molecule has 4 aromatic rings. The van der Waals surface area contributed by atoms with Gasteiger partial charge in [0.25, 0.3) is 15.9 Å². The number of benzene rings is 4. The van der Waals surface area contributed by atoms with Gasteiger partial charge in [-0.25, -0.2) is 8.42 Å². The van der Waals surface area contributed by atoms with Crippen molar-refractivity contribution in [2.24, 2.45) is 0 Å². The van der Waals surface area contributed by atoms with Crippen molar-refractivity contribution in [2.75, 3.05) is 29.3 Å². The van der Waals surface area contributed by atoms with Crippen LogP contribution < -0.4 is 19.3 Å². The van der Waals surface area contributed by atoms with Gasteiger partial charge < -0.3 is 15.0 Å². The maximum atomic E-state index is 13.5. The SMILES string of the molecule is CN(c1ccc(CC(=O)N2C[C@@H](C(=O)NCCc3ccccc3)Oc3ccccc32)cc1)S(=O)(=O)c1ccccc1. The Morgan fingerprint density at radius 2 is 1.49 bits per heavy atom. The van der Waals surface area contributed by atoms with E-state index in [1.807, 2.05) is 36.4 Å². The largest absolute Gasteiger partial charge is 0.477 e. The van der Waals surface area contributed by atoms with E-state index < -0.39 is 16.1 Å². The van der Waals surface area contributed by atoms with Crippen LogP contribution in [0.25, 0.3) is 0 Å². The van der Waals surface area contributed by atoms with Gasteiger partial charge in [-0.05, 0) is 53.9 Å². The molecule has 8 nitrogen and oxygen atoms in total. The fraction of sp³-hybridized carbons (Fsp3) is 0.188. The van der Waals surface area contributed by atoms with Crippen molar-refractivity contribution in [3.63, 3.8) is 0 Å². The molecule has 0 aliphatic carbocycles. The van der Waals surface area contributed by atoms with Crippen LogP contribution in [0.3, 0.4) is 0 Å². The van der Waals surface area contributed by atoms with E-state index in [2.05, 4.69) is 5.32 Å². The third-order valence-electron chi connectivity index (χ3n) is 6.98. The third-order valence-corrected chi connectivity index (χ3v) is 8.78. The molecule has 0 bridgehead atoms. The Hall–Kier alpha value is -4.63. The zero-order chi connectivity index (χ0) is 28.8. The minimum absolute atomic E-state index is 0.0755. The molecule has 1 heterocycles. The van der Waals surface area contributed by atoms with Crippen molar-refractivity contribution >= 4 is 33.2 Å². The molecule has 5 rings (SSSR count). The van der Waals surface area contributed by atoms with Gasteiger partial charge in [0.15, 0.2) is 6.10 Å². The van der Waals surface area contributed by atoms with Crippen LogP contribution in [0.1, 0.15) is 11.1 Å². The third kappa shape index (κ3) is 6.41. The van der Waals surface area contributed by atoms with Crippen LogP contribution >= 0.6 is 0 Å². The van der Waals surface area contributed by atoms with E-state index >= 15 is 0 Å². The van der Waals surface area contributed by atoms with Crippen LogP contribution in [-0.2, 0) is 32.5 Å². The molecule has 41 heavy (non-hydrogen) atoms. The fourth-order valence-electron chi connectivity index (χ4n) is 4.68. The zero-order valence-corrected chi connectivity index (χ0v) is 23.5. The summed E-state index contributed by atoms with van der Waals surface area (Å²) in [7, 11) is -2.21. The lowest BCUT2D eigenvalue weighted by atomic mass is 10.1. The molecule has 0 fully saturated rings. The normalized spacial score (nSPS) is 14.5. The van der Waals surface area contributed by atoms with Crippen molar-refractivity contribution < 1.29 is 22.7 Å². The summed E-state index contributed by atoms with van der Waals surface area (Å²) in [5.74, 6) is -0.000465. The number of carbonyl (C=O) groups is 2. The lowest BCUT2D eigenvalue weighted by Gasteiger charge is -2.34. The van der Waals surface area contributed by atoms with Gasteiger partial charge in [0.05, 0.1) is 29.2 Å². The van der Waals surface area contributed by atoms with Crippen LogP contribution in [0, 0.1) is 0 Å². The highest BCUT2D eigenvalue weighted by Gasteiger charge is 2.33. The number of ether oxygens (including phenoxy) is 1. The Morgan fingerprint density at radius 1 is 0.854 bits per heavy atom. The van der Waals surface area contributed by atoms with E-state index in [-0.39, 0.29) is 29.7 Å². The summed E-state index contributed by atoms with van der Waals surface area (Å²) >= 11 is 0. The number of nitrogens with one attached hydrogen (secondary N) is 1. The van der Waals surface area contributed by atoms with Gasteiger partial charge in [-0.2, -0.15) is 0 Å². The van der Waals surface area contributed by atoms with Gasteiger partial charge in [-0.3, -0.25) is 13.9 Å². The molecule has 4 aromatic carbocycles. The van der Waals surface area contributed by atoms with Gasteiger partial charge in [-0.1, -0.05) is 72.8 Å². The average molecular weight is 570 g/mol. The second kappa shape index (κ2) is 12.3. The predicted molar refractivity (Wildman–Crippen MR) is 159 cm³/mol. The summed E-state index contributed by atoms with van der Waals surface area (Å²) < 4.78 is 33.1. The molecule has 0 aromatic heterocycles. The van der Waals surface area contributed by atoms with E-state index in [1.165, 1.54) is 11.4 Å². The number of nitrogens with zero attached hydrogens (tertiary/aromatic N) is 2. The second-order valence-electron chi connectivity index (χ2n) is 9.73. The Labute approximate surface area is 240 Å². The lowest BCUT2D eigenvalue weighted by molar-refractivity contribution is -0.128. The van der Waals surface area contributed by atoms with E-state index in [4.69, 9.17) is 4.74 Å². The molecule has 0 radical (unpaired) electrons. The Bertz CT molecular complexity index is 1610. The first-order valence-corrected chi connectivity index (χ1v) is 14.8. The minimum atomic E-state index is -3.71. The number of anilines is 2. The molecular weight excluding hydrogens is 538 g/mol. The summed E-state index contributed by atoms with van der Waals surface area (Å²) in [6.45, 7) is 0.544. The Kier molecular flexibility index (Phi) is 8.35. The first-order valence-electron chi connectivity index (χ1n) is 13.3. The molecular formula is C32H31N3O5S. The quantitative estimate of drug-likeness (QED) is 0.326. The zero-order valence-electron chi connectivity index (χ0n) is 22.6. The van der Waals surface area contributed by atoms with Crippen molar-refractivity contribution in [1.29, 1.82) is 0 Å². The number of carbonyl (C=O) groups excluding carboxylic acids is 2. The standard InChI is InChI=1S/C32H31N3O5S/c1-34(41(38,39)27-12-6-3-7-13-27)26-18-16-25(17-19-26)22-31(36)35-23-30(40-29-15-9-8-14-28(29)35)32(37)33-21-20-24-10-4-2-5-11-24/h2-19,30H,20-23H2,1H3,(H,33,37)/t30-/m0/s1. The van der Waals surface area contributed by atoms with Crippen LogP contribution in [0.2, 0.25) is 0 Å². The molecule has 1 aliphatic heterocycles. The molecule has 210 valence electrons. The number of hydrogen-bond donors (Lipinski definition) is 1. The summed E-state index contributed by atoms with van der Waals surface area (Å²) in [6, 6.07) is 32.1. The highest BCUT2D eigenvalue weighted by molar-refractivity contribution is 7.92. The molecule has 2 amide bonds. The number of hydrogen-bond acceptors (Lipinski definition) is 5. The fourth-order valence-corrected chi connectivity index (χ4v) is 5.90. The first kappa shape index (κ1) is 27.9. The molecule has 1 atom stereocenters. The average Bonchev–Trinajstić information content (AvgIpc) is 3.01. The summed E-state index contributed by atoms with van der Waals surface area (Å²) in [6.07, 6.45) is -0.0773. The van der Waals surface area contributed by atoms with Gasteiger partial charge in [0, 0.05) is 13.6 Å².